The molecule has 0 unspecified atom stereocenters. The van der Waals surface area contributed by atoms with E-state index in [9.17, 15) is 5.11 Å². The summed E-state index contributed by atoms with van der Waals surface area (Å²) in [6, 6.07) is 40.1. The van der Waals surface area contributed by atoms with Gasteiger partial charge >= 0.3 is 0 Å². The van der Waals surface area contributed by atoms with Crippen LogP contribution in [0.4, 0.5) is 0 Å². The third kappa shape index (κ3) is 3.02. The Kier molecular flexibility index (Phi) is 4.40. The highest BCUT2D eigenvalue weighted by molar-refractivity contribution is 6.01. The van der Waals surface area contributed by atoms with Gasteiger partial charge in [-0.1, -0.05) is 97.1 Å². The van der Waals surface area contributed by atoms with Crippen LogP contribution < -0.4 is 0 Å². The van der Waals surface area contributed by atoms with Gasteiger partial charge in [-0.15, -0.1) is 0 Å². The lowest BCUT2D eigenvalue weighted by Gasteiger charge is -2.21. The molecule has 0 aliphatic heterocycles. The van der Waals surface area contributed by atoms with Crippen molar-refractivity contribution in [1.82, 2.24) is 0 Å². The SMILES string of the molecule is Oc1ccc(-c2cc3c(c(-c4ccccc4)c2-c2ccccc2)Cc2ccccc2-3)cc1. The summed E-state index contributed by atoms with van der Waals surface area (Å²) < 4.78 is 0. The van der Waals surface area contributed by atoms with Gasteiger partial charge in [0.2, 0.25) is 0 Å². The molecular formula is C31H22O. The Morgan fingerprint density at radius 1 is 0.469 bits per heavy atom. The number of phenolic OH excluding ortho intramolecular Hbond substituents is 1. The molecule has 0 amide bonds. The standard InChI is InChI=1S/C31H22O/c32-25-17-15-21(16-18-25)27-20-28-26-14-8-7-13-24(26)19-29(28)31(23-11-5-2-6-12-23)30(27)22-9-3-1-4-10-22/h1-18,20,32H,19H2. The van der Waals surface area contributed by atoms with Crippen molar-refractivity contribution in [2.75, 3.05) is 0 Å². The van der Waals surface area contributed by atoms with Gasteiger partial charge in [0, 0.05) is 0 Å². The summed E-state index contributed by atoms with van der Waals surface area (Å²) in [7, 11) is 0. The number of fused-ring (bicyclic) bond motifs is 3. The number of hydrogen-bond acceptors (Lipinski definition) is 1. The van der Waals surface area contributed by atoms with Crippen LogP contribution in [-0.2, 0) is 6.42 Å². The largest absolute Gasteiger partial charge is 0.508 e. The fourth-order valence-corrected chi connectivity index (χ4v) is 4.97. The molecule has 0 aromatic heterocycles. The average molecular weight is 411 g/mol. The summed E-state index contributed by atoms with van der Waals surface area (Å²) in [5, 5.41) is 9.91. The van der Waals surface area contributed by atoms with Gasteiger partial charge in [0.25, 0.3) is 0 Å². The van der Waals surface area contributed by atoms with Crippen molar-refractivity contribution < 1.29 is 5.11 Å². The van der Waals surface area contributed by atoms with Crippen molar-refractivity contribution in [2.45, 2.75) is 6.42 Å². The number of hydrogen-bond donors (Lipinski definition) is 1. The predicted octanol–water partition coefficient (Wildman–Crippen LogP) is 7.96. The minimum Gasteiger partial charge on any atom is -0.508 e. The highest BCUT2D eigenvalue weighted by Crippen LogP contribution is 2.50. The molecule has 5 aromatic carbocycles. The lowest BCUT2D eigenvalue weighted by molar-refractivity contribution is 0.475. The molecule has 0 fully saturated rings. The van der Waals surface area contributed by atoms with Crippen molar-refractivity contribution in [3.63, 3.8) is 0 Å². The first-order valence-corrected chi connectivity index (χ1v) is 11.0. The average Bonchev–Trinajstić information content (AvgIpc) is 3.23. The lowest BCUT2D eigenvalue weighted by atomic mass is 9.82. The molecule has 6 rings (SSSR count). The molecule has 0 atom stereocenters. The summed E-state index contributed by atoms with van der Waals surface area (Å²) in [6.07, 6.45) is 0.936. The quantitative estimate of drug-likeness (QED) is 0.314. The van der Waals surface area contributed by atoms with E-state index in [1.54, 1.807) is 12.1 Å². The number of phenols is 1. The summed E-state index contributed by atoms with van der Waals surface area (Å²) in [5.41, 5.74) is 12.7. The van der Waals surface area contributed by atoms with E-state index in [-0.39, 0.29) is 5.75 Å². The maximum atomic E-state index is 9.91. The lowest BCUT2D eigenvalue weighted by Crippen LogP contribution is -1.96. The van der Waals surface area contributed by atoms with Crippen LogP contribution in [0.25, 0.3) is 44.5 Å². The summed E-state index contributed by atoms with van der Waals surface area (Å²) >= 11 is 0. The van der Waals surface area contributed by atoms with Crippen molar-refractivity contribution in [3.05, 3.63) is 126 Å². The molecule has 1 aliphatic rings. The summed E-state index contributed by atoms with van der Waals surface area (Å²) in [5.74, 6) is 0.282. The van der Waals surface area contributed by atoms with Gasteiger partial charge in [0.05, 0.1) is 0 Å². The fraction of sp³-hybridized carbons (Fsp3) is 0.0323. The monoisotopic (exact) mass is 410 g/mol. The summed E-state index contributed by atoms with van der Waals surface area (Å²) in [4.78, 5) is 0. The van der Waals surface area contributed by atoms with Crippen LogP contribution in [0.1, 0.15) is 11.1 Å². The molecule has 0 saturated heterocycles. The normalized spacial score (nSPS) is 11.8. The van der Waals surface area contributed by atoms with E-state index < -0.39 is 0 Å². The zero-order chi connectivity index (χ0) is 21.5. The molecule has 1 heteroatoms. The van der Waals surface area contributed by atoms with Crippen LogP contribution in [0.2, 0.25) is 0 Å². The minimum atomic E-state index is 0.282. The number of aromatic hydroxyl groups is 1. The first-order chi connectivity index (χ1) is 15.8. The fourth-order valence-electron chi connectivity index (χ4n) is 4.97. The molecule has 0 radical (unpaired) electrons. The Morgan fingerprint density at radius 3 is 1.75 bits per heavy atom. The second-order valence-corrected chi connectivity index (χ2v) is 8.31. The second-order valence-electron chi connectivity index (χ2n) is 8.31. The van der Waals surface area contributed by atoms with Gasteiger partial charge in [-0.3, -0.25) is 0 Å². The molecule has 1 nitrogen and oxygen atoms in total. The predicted molar refractivity (Wildman–Crippen MR) is 133 cm³/mol. The van der Waals surface area contributed by atoms with Crippen molar-refractivity contribution in [1.29, 1.82) is 0 Å². The minimum absolute atomic E-state index is 0.282. The van der Waals surface area contributed by atoms with E-state index in [2.05, 4.69) is 91.0 Å². The third-order valence-corrected chi connectivity index (χ3v) is 6.41. The number of rotatable bonds is 3. The van der Waals surface area contributed by atoms with Crippen LogP contribution in [0.5, 0.6) is 5.75 Å². The van der Waals surface area contributed by atoms with E-state index in [0.29, 0.717) is 0 Å². The zero-order valence-electron chi connectivity index (χ0n) is 17.6. The van der Waals surface area contributed by atoms with Crippen molar-refractivity contribution in [2.24, 2.45) is 0 Å². The van der Waals surface area contributed by atoms with Gasteiger partial charge in [-0.25, -0.2) is 0 Å². The Hall–Kier alpha value is -4.10. The maximum absolute atomic E-state index is 9.91. The highest BCUT2D eigenvalue weighted by Gasteiger charge is 2.27. The van der Waals surface area contributed by atoms with E-state index in [1.807, 2.05) is 12.1 Å². The van der Waals surface area contributed by atoms with Crippen molar-refractivity contribution in [3.8, 4) is 50.3 Å². The van der Waals surface area contributed by atoms with Gasteiger partial charge in [0.1, 0.15) is 5.75 Å². The van der Waals surface area contributed by atoms with Crippen LogP contribution in [0.3, 0.4) is 0 Å². The highest BCUT2D eigenvalue weighted by atomic mass is 16.3. The first-order valence-electron chi connectivity index (χ1n) is 11.0. The van der Waals surface area contributed by atoms with Crippen LogP contribution >= 0.6 is 0 Å². The Labute approximate surface area is 188 Å². The van der Waals surface area contributed by atoms with Gasteiger partial charge in [0.15, 0.2) is 0 Å². The Morgan fingerprint density at radius 2 is 1.06 bits per heavy atom. The molecule has 0 saturated carbocycles. The second kappa shape index (κ2) is 7.55. The van der Waals surface area contributed by atoms with E-state index in [4.69, 9.17) is 0 Å². The molecule has 152 valence electrons. The third-order valence-electron chi connectivity index (χ3n) is 6.41. The smallest absolute Gasteiger partial charge is 0.115 e. The van der Waals surface area contributed by atoms with Gasteiger partial charge in [-0.05, 0) is 80.3 Å². The van der Waals surface area contributed by atoms with Gasteiger partial charge < -0.3 is 5.11 Å². The topological polar surface area (TPSA) is 20.2 Å². The van der Waals surface area contributed by atoms with Crippen LogP contribution in [0, 0.1) is 0 Å². The molecule has 5 aromatic rings. The molecule has 1 N–H and O–H groups in total. The van der Waals surface area contributed by atoms with Crippen LogP contribution in [-0.4, -0.2) is 5.11 Å². The molecule has 0 heterocycles. The number of benzene rings is 5. The molecule has 1 aliphatic carbocycles. The molecule has 0 bridgehead atoms. The van der Waals surface area contributed by atoms with E-state index in [1.165, 1.54) is 50.1 Å². The van der Waals surface area contributed by atoms with Crippen LogP contribution in [0.15, 0.2) is 115 Å². The molecular weight excluding hydrogens is 388 g/mol. The Balaban J connectivity index is 1.76. The van der Waals surface area contributed by atoms with Crippen molar-refractivity contribution >= 4 is 0 Å². The Bertz CT molecular complexity index is 1420. The zero-order valence-corrected chi connectivity index (χ0v) is 17.6. The molecule has 0 spiro atoms. The van der Waals surface area contributed by atoms with Gasteiger partial charge in [-0.2, -0.15) is 0 Å². The van der Waals surface area contributed by atoms with E-state index in [0.717, 1.165) is 12.0 Å². The maximum Gasteiger partial charge on any atom is 0.115 e. The first kappa shape index (κ1) is 18.7. The van der Waals surface area contributed by atoms with E-state index >= 15 is 0 Å². The summed E-state index contributed by atoms with van der Waals surface area (Å²) in [6.45, 7) is 0. The molecule has 32 heavy (non-hydrogen) atoms.